The minimum Gasteiger partial charge on any atom is -0.258 e. The zero-order chi connectivity index (χ0) is 9.76. The molecular formula is C11H11NO2. The van der Waals surface area contributed by atoms with Crippen LogP contribution in [0.5, 0.6) is 0 Å². The summed E-state index contributed by atoms with van der Waals surface area (Å²) < 4.78 is 0. The standard InChI is InChI=1S/C11H11NO2/c13-12(14)10-3-1-2-9-8(10)4-5-11(9)6-7-11/h1-3H,4-7H2. The molecule has 0 atom stereocenters. The van der Waals surface area contributed by atoms with E-state index in [4.69, 9.17) is 0 Å². The first-order valence-electron chi connectivity index (χ1n) is 5.00. The summed E-state index contributed by atoms with van der Waals surface area (Å²) in [6.45, 7) is 0. The van der Waals surface area contributed by atoms with E-state index < -0.39 is 0 Å². The van der Waals surface area contributed by atoms with Crippen LogP contribution in [0.2, 0.25) is 0 Å². The average molecular weight is 189 g/mol. The van der Waals surface area contributed by atoms with Gasteiger partial charge in [-0.1, -0.05) is 12.1 Å². The van der Waals surface area contributed by atoms with Crippen LogP contribution in [0.25, 0.3) is 0 Å². The topological polar surface area (TPSA) is 43.1 Å². The summed E-state index contributed by atoms with van der Waals surface area (Å²) in [6.07, 6.45) is 4.46. The molecule has 0 aliphatic heterocycles. The maximum Gasteiger partial charge on any atom is 0.272 e. The Balaban J connectivity index is 2.19. The number of nitrogens with zero attached hydrogens (tertiary/aromatic N) is 1. The zero-order valence-electron chi connectivity index (χ0n) is 7.82. The van der Waals surface area contributed by atoms with Gasteiger partial charge in [-0.15, -0.1) is 0 Å². The molecule has 0 radical (unpaired) electrons. The lowest BCUT2D eigenvalue weighted by Crippen LogP contribution is -2.00. The lowest BCUT2D eigenvalue weighted by Gasteiger charge is -2.06. The average Bonchev–Trinajstić information content (AvgIpc) is 2.85. The summed E-state index contributed by atoms with van der Waals surface area (Å²) in [7, 11) is 0. The Morgan fingerprint density at radius 3 is 2.71 bits per heavy atom. The van der Waals surface area contributed by atoms with Crippen molar-refractivity contribution in [1.29, 1.82) is 0 Å². The van der Waals surface area contributed by atoms with Gasteiger partial charge in [0.05, 0.1) is 4.92 Å². The number of nitro groups is 1. The molecule has 1 aromatic rings. The van der Waals surface area contributed by atoms with Crippen molar-refractivity contribution in [2.24, 2.45) is 0 Å². The number of hydrogen-bond acceptors (Lipinski definition) is 2. The third-order valence-electron chi connectivity index (χ3n) is 3.63. The Bertz CT molecular complexity index is 421. The molecule has 0 amide bonds. The molecule has 1 aromatic carbocycles. The van der Waals surface area contributed by atoms with Gasteiger partial charge >= 0.3 is 0 Å². The molecule has 2 aliphatic rings. The van der Waals surface area contributed by atoms with Crippen molar-refractivity contribution in [2.45, 2.75) is 31.1 Å². The summed E-state index contributed by atoms with van der Waals surface area (Å²) in [5.41, 5.74) is 2.93. The second-order valence-corrected chi connectivity index (χ2v) is 4.34. The van der Waals surface area contributed by atoms with E-state index in [1.165, 1.54) is 18.4 Å². The van der Waals surface area contributed by atoms with Crippen LogP contribution in [0.4, 0.5) is 5.69 Å². The van der Waals surface area contributed by atoms with Crippen molar-refractivity contribution in [3.05, 3.63) is 39.4 Å². The molecule has 0 aromatic heterocycles. The lowest BCUT2D eigenvalue weighted by atomic mass is 9.98. The Labute approximate surface area is 81.9 Å². The van der Waals surface area contributed by atoms with Crippen LogP contribution in [-0.2, 0) is 11.8 Å². The van der Waals surface area contributed by atoms with Gasteiger partial charge in [0, 0.05) is 11.6 Å². The van der Waals surface area contributed by atoms with Crippen LogP contribution in [-0.4, -0.2) is 4.92 Å². The van der Waals surface area contributed by atoms with Crippen LogP contribution in [0.1, 0.15) is 30.4 Å². The molecule has 3 rings (SSSR count). The van der Waals surface area contributed by atoms with E-state index in [2.05, 4.69) is 6.07 Å². The van der Waals surface area contributed by atoms with Crippen LogP contribution in [0.3, 0.4) is 0 Å². The predicted octanol–water partition coefficient (Wildman–Crippen LogP) is 2.57. The molecule has 14 heavy (non-hydrogen) atoms. The lowest BCUT2D eigenvalue weighted by molar-refractivity contribution is -0.385. The van der Waals surface area contributed by atoms with Gasteiger partial charge < -0.3 is 0 Å². The number of fused-ring (bicyclic) bond motifs is 2. The van der Waals surface area contributed by atoms with Gasteiger partial charge in [0.15, 0.2) is 0 Å². The number of nitro benzene ring substituents is 1. The van der Waals surface area contributed by atoms with Gasteiger partial charge in [-0.3, -0.25) is 10.1 Å². The Hall–Kier alpha value is -1.38. The Kier molecular flexibility index (Phi) is 1.34. The van der Waals surface area contributed by atoms with Gasteiger partial charge in [-0.05, 0) is 36.7 Å². The third-order valence-corrected chi connectivity index (χ3v) is 3.63. The molecule has 0 unspecified atom stereocenters. The maximum atomic E-state index is 10.8. The van der Waals surface area contributed by atoms with Crippen molar-refractivity contribution in [3.63, 3.8) is 0 Å². The van der Waals surface area contributed by atoms with E-state index in [0.29, 0.717) is 11.1 Å². The van der Waals surface area contributed by atoms with Crippen molar-refractivity contribution in [3.8, 4) is 0 Å². The van der Waals surface area contributed by atoms with Crippen LogP contribution < -0.4 is 0 Å². The molecule has 3 heteroatoms. The summed E-state index contributed by atoms with van der Waals surface area (Å²) >= 11 is 0. The molecule has 1 saturated carbocycles. The largest absolute Gasteiger partial charge is 0.272 e. The van der Waals surface area contributed by atoms with E-state index in [9.17, 15) is 10.1 Å². The number of rotatable bonds is 1. The van der Waals surface area contributed by atoms with Gasteiger partial charge in [0.1, 0.15) is 0 Å². The number of benzene rings is 1. The van der Waals surface area contributed by atoms with Gasteiger partial charge in [0.2, 0.25) is 0 Å². The molecular weight excluding hydrogens is 178 g/mol. The molecule has 1 fully saturated rings. The Morgan fingerprint density at radius 1 is 1.29 bits per heavy atom. The highest BCUT2D eigenvalue weighted by atomic mass is 16.6. The second kappa shape index (κ2) is 2.35. The van der Waals surface area contributed by atoms with Crippen LogP contribution >= 0.6 is 0 Å². The minimum absolute atomic E-state index is 0.250. The van der Waals surface area contributed by atoms with Crippen molar-refractivity contribution < 1.29 is 4.92 Å². The number of hydrogen-bond donors (Lipinski definition) is 0. The maximum absolute atomic E-state index is 10.8. The molecule has 1 spiro atoms. The third kappa shape index (κ3) is 0.870. The van der Waals surface area contributed by atoms with Gasteiger partial charge in [-0.25, -0.2) is 0 Å². The summed E-state index contributed by atoms with van der Waals surface area (Å²) in [5, 5.41) is 10.8. The molecule has 0 heterocycles. The molecule has 3 nitrogen and oxygen atoms in total. The molecule has 0 bridgehead atoms. The van der Waals surface area contributed by atoms with E-state index >= 15 is 0 Å². The van der Waals surface area contributed by atoms with Crippen molar-refractivity contribution in [1.82, 2.24) is 0 Å². The quantitative estimate of drug-likeness (QED) is 0.503. The highest BCUT2D eigenvalue weighted by Gasteiger charge is 2.49. The highest BCUT2D eigenvalue weighted by molar-refractivity contribution is 5.54. The summed E-state index contributed by atoms with van der Waals surface area (Å²) in [4.78, 5) is 10.5. The zero-order valence-corrected chi connectivity index (χ0v) is 7.82. The Morgan fingerprint density at radius 2 is 2.07 bits per heavy atom. The summed E-state index contributed by atoms with van der Waals surface area (Å²) in [6, 6.07) is 5.52. The van der Waals surface area contributed by atoms with Gasteiger partial charge in [0.25, 0.3) is 5.69 Å². The van der Waals surface area contributed by atoms with Crippen LogP contribution in [0, 0.1) is 10.1 Å². The van der Waals surface area contributed by atoms with E-state index in [-0.39, 0.29) is 4.92 Å². The van der Waals surface area contributed by atoms with E-state index in [0.717, 1.165) is 18.4 Å². The molecule has 2 aliphatic carbocycles. The molecule has 0 N–H and O–H groups in total. The molecule has 0 saturated heterocycles. The van der Waals surface area contributed by atoms with Crippen molar-refractivity contribution in [2.75, 3.05) is 0 Å². The first-order valence-corrected chi connectivity index (χ1v) is 5.00. The molecule has 72 valence electrons. The fraction of sp³-hybridized carbons (Fsp3) is 0.455. The monoisotopic (exact) mass is 189 g/mol. The van der Waals surface area contributed by atoms with E-state index in [1.54, 1.807) is 6.07 Å². The first-order chi connectivity index (χ1) is 6.73. The summed E-state index contributed by atoms with van der Waals surface area (Å²) in [5.74, 6) is 0. The van der Waals surface area contributed by atoms with E-state index in [1.807, 2.05) is 6.07 Å². The smallest absolute Gasteiger partial charge is 0.258 e. The van der Waals surface area contributed by atoms with Crippen LogP contribution in [0.15, 0.2) is 18.2 Å². The highest BCUT2D eigenvalue weighted by Crippen LogP contribution is 2.57. The second-order valence-electron chi connectivity index (χ2n) is 4.34. The normalized spacial score (nSPS) is 20.9. The minimum atomic E-state index is -0.250. The SMILES string of the molecule is O=[N+]([O-])c1cccc2c1CCC21CC1. The van der Waals surface area contributed by atoms with Crippen molar-refractivity contribution >= 4 is 5.69 Å². The predicted molar refractivity (Wildman–Crippen MR) is 52.3 cm³/mol. The van der Waals surface area contributed by atoms with Gasteiger partial charge in [-0.2, -0.15) is 0 Å². The fourth-order valence-electron chi connectivity index (χ4n) is 2.67. The fourth-order valence-corrected chi connectivity index (χ4v) is 2.67. The first kappa shape index (κ1) is 7.97.